The summed E-state index contributed by atoms with van der Waals surface area (Å²) in [4.78, 5) is 9.44. The van der Waals surface area contributed by atoms with Gasteiger partial charge in [-0.15, -0.1) is 24.0 Å². The van der Waals surface area contributed by atoms with Gasteiger partial charge in [-0.3, -0.25) is 0 Å². The average molecular weight is 518 g/mol. The predicted molar refractivity (Wildman–Crippen MR) is 132 cm³/mol. The second kappa shape index (κ2) is 14.8. The number of hydrogen-bond donors (Lipinski definition) is 1. The number of ether oxygens (including phenoxy) is 2. The highest BCUT2D eigenvalue weighted by molar-refractivity contribution is 14.0. The van der Waals surface area contributed by atoms with Crippen LogP contribution >= 0.6 is 24.0 Å². The van der Waals surface area contributed by atoms with Gasteiger partial charge in [0.2, 0.25) is 0 Å². The van der Waals surface area contributed by atoms with Crippen molar-refractivity contribution < 1.29 is 9.47 Å². The minimum atomic E-state index is 0. The highest BCUT2D eigenvalue weighted by atomic mass is 127. The first-order valence-corrected chi connectivity index (χ1v) is 10.7. The number of likely N-dealkylation sites (N-methyl/N-ethyl adjacent to an activating group) is 1. The zero-order chi connectivity index (χ0) is 20.2. The van der Waals surface area contributed by atoms with Crippen molar-refractivity contribution in [3.05, 3.63) is 29.8 Å². The first-order chi connectivity index (χ1) is 13.7. The molecule has 1 fully saturated rings. The van der Waals surface area contributed by atoms with Crippen molar-refractivity contribution >= 4 is 29.9 Å². The molecule has 0 aromatic heterocycles. The van der Waals surface area contributed by atoms with E-state index in [9.17, 15) is 0 Å². The summed E-state index contributed by atoms with van der Waals surface area (Å²) in [5.41, 5.74) is 1.12. The third kappa shape index (κ3) is 9.09. The van der Waals surface area contributed by atoms with Gasteiger partial charge in [-0.05, 0) is 32.5 Å². The maximum atomic E-state index is 6.07. The summed E-state index contributed by atoms with van der Waals surface area (Å²) in [5, 5.41) is 3.41. The molecule has 7 heteroatoms. The van der Waals surface area contributed by atoms with Crippen LogP contribution in [0.15, 0.2) is 29.3 Å². The Morgan fingerprint density at radius 1 is 1.24 bits per heavy atom. The first-order valence-electron chi connectivity index (χ1n) is 10.7. The standard InChI is InChI=1S/C22H38N4O2.HI/c1-5-23-22(25(4)17-19-12-14-27-18-19)24-16-20-10-8-9-11-21(20)28-15-13-26(6-2)7-3;/h8-11,19H,5-7,12-18H2,1-4H3,(H,23,24);1H. The summed E-state index contributed by atoms with van der Waals surface area (Å²) in [6.45, 7) is 14.4. The predicted octanol–water partition coefficient (Wildman–Crippen LogP) is 3.46. The smallest absolute Gasteiger partial charge is 0.193 e. The molecule has 1 atom stereocenters. The highest BCUT2D eigenvalue weighted by Gasteiger charge is 2.19. The average Bonchev–Trinajstić information content (AvgIpc) is 3.22. The summed E-state index contributed by atoms with van der Waals surface area (Å²) in [6.07, 6.45) is 1.13. The summed E-state index contributed by atoms with van der Waals surface area (Å²) < 4.78 is 11.6. The van der Waals surface area contributed by atoms with Crippen molar-refractivity contribution in [3.8, 4) is 5.75 Å². The van der Waals surface area contributed by atoms with E-state index in [-0.39, 0.29) is 24.0 Å². The number of hydrogen-bond acceptors (Lipinski definition) is 4. The van der Waals surface area contributed by atoms with Gasteiger partial charge in [0.15, 0.2) is 5.96 Å². The van der Waals surface area contributed by atoms with Crippen LogP contribution in [0.25, 0.3) is 0 Å². The molecular weight excluding hydrogens is 479 g/mol. The van der Waals surface area contributed by atoms with Gasteiger partial charge in [0.25, 0.3) is 0 Å². The van der Waals surface area contributed by atoms with Crippen LogP contribution in [0, 0.1) is 5.92 Å². The number of halogens is 1. The Kier molecular flexibility index (Phi) is 13.3. The minimum Gasteiger partial charge on any atom is -0.492 e. The van der Waals surface area contributed by atoms with E-state index < -0.39 is 0 Å². The molecule has 29 heavy (non-hydrogen) atoms. The van der Waals surface area contributed by atoms with Crippen LogP contribution in [0.5, 0.6) is 5.75 Å². The topological polar surface area (TPSA) is 49.3 Å². The molecular formula is C22H39IN4O2. The van der Waals surface area contributed by atoms with E-state index in [0.29, 0.717) is 19.1 Å². The van der Waals surface area contributed by atoms with Gasteiger partial charge in [-0.25, -0.2) is 4.99 Å². The van der Waals surface area contributed by atoms with Crippen molar-refractivity contribution in [1.29, 1.82) is 0 Å². The zero-order valence-corrected chi connectivity index (χ0v) is 20.9. The fourth-order valence-corrected chi connectivity index (χ4v) is 3.43. The van der Waals surface area contributed by atoms with Crippen LogP contribution in [0.3, 0.4) is 0 Å². The summed E-state index contributed by atoms with van der Waals surface area (Å²) in [5.74, 6) is 2.46. The third-order valence-electron chi connectivity index (χ3n) is 5.18. The van der Waals surface area contributed by atoms with E-state index >= 15 is 0 Å². The number of aliphatic imine (C=N–C) groups is 1. The molecule has 6 nitrogen and oxygen atoms in total. The normalized spacial score (nSPS) is 16.6. The molecule has 1 heterocycles. The molecule has 0 spiro atoms. The lowest BCUT2D eigenvalue weighted by atomic mass is 10.1. The van der Waals surface area contributed by atoms with Crippen molar-refractivity contribution in [3.63, 3.8) is 0 Å². The van der Waals surface area contributed by atoms with Crippen molar-refractivity contribution in [2.45, 2.75) is 33.7 Å². The third-order valence-corrected chi connectivity index (χ3v) is 5.18. The fraction of sp³-hybridized carbons (Fsp3) is 0.682. The van der Waals surface area contributed by atoms with E-state index in [1.54, 1.807) is 0 Å². The molecule has 0 aliphatic carbocycles. The molecule has 0 saturated carbocycles. The minimum absolute atomic E-state index is 0. The molecule has 1 saturated heterocycles. The summed E-state index contributed by atoms with van der Waals surface area (Å²) in [6, 6.07) is 8.22. The molecule has 1 aromatic rings. The number of nitrogens with one attached hydrogen (secondary N) is 1. The van der Waals surface area contributed by atoms with Crippen LogP contribution in [-0.4, -0.2) is 75.4 Å². The molecule has 0 amide bonds. The van der Waals surface area contributed by atoms with Crippen LogP contribution < -0.4 is 10.1 Å². The van der Waals surface area contributed by atoms with Gasteiger partial charge in [0, 0.05) is 44.8 Å². The Hall–Kier alpha value is -1.06. The quantitative estimate of drug-likeness (QED) is 0.276. The van der Waals surface area contributed by atoms with E-state index in [1.807, 2.05) is 12.1 Å². The first kappa shape index (κ1) is 26.0. The molecule has 1 aliphatic rings. The Morgan fingerprint density at radius 2 is 2.00 bits per heavy atom. The molecule has 1 N–H and O–H groups in total. The maximum absolute atomic E-state index is 6.07. The lowest BCUT2D eigenvalue weighted by Crippen LogP contribution is -2.41. The maximum Gasteiger partial charge on any atom is 0.193 e. The fourth-order valence-electron chi connectivity index (χ4n) is 3.43. The van der Waals surface area contributed by atoms with Gasteiger partial charge in [0.1, 0.15) is 12.4 Å². The summed E-state index contributed by atoms with van der Waals surface area (Å²) >= 11 is 0. The lowest BCUT2D eigenvalue weighted by Gasteiger charge is -2.24. The van der Waals surface area contributed by atoms with Gasteiger partial charge < -0.3 is 24.6 Å². The van der Waals surface area contributed by atoms with Gasteiger partial charge >= 0.3 is 0 Å². The molecule has 1 aliphatic heterocycles. The Balaban J connectivity index is 0.00000420. The van der Waals surface area contributed by atoms with Gasteiger partial charge in [0.05, 0.1) is 13.2 Å². The molecule has 1 unspecified atom stereocenters. The Morgan fingerprint density at radius 3 is 2.66 bits per heavy atom. The monoisotopic (exact) mass is 518 g/mol. The second-order valence-electron chi connectivity index (χ2n) is 7.26. The summed E-state index contributed by atoms with van der Waals surface area (Å²) in [7, 11) is 2.10. The van der Waals surface area contributed by atoms with Crippen LogP contribution in [0.4, 0.5) is 0 Å². The Labute approximate surface area is 194 Å². The molecule has 0 bridgehead atoms. The SMILES string of the molecule is CCNC(=NCc1ccccc1OCCN(CC)CC)N(C)CC1CCOC1.I. The molecule has 0 radical (unpaired) electrons. The van der Waals surface area contributed by atoms with Crippen LogP contribution in [-0.2, 0) is 11.3 Å². The highest BCUT2D eigenvalue weighted by Crippen LogP contribution is 2.19. The largest absolute Gasteiger partial charge is 0.492 e. The molecule has 1 aromatic carbocycles. The van der Waals surface area contributed by atoms with E-state index in [4.69, 9.17) is 14.5 Å². The molecule has 166 valence electrons. The van der Waals surface area contributed by atoms with E-state index in [2.05, 4.69) is 55.1 Å². The lowest BCUT2D eigenvalue weighted by molar-refractivity contribution is 0.181. The van der Waals surface area contributed by atoms with Crippen LogP contribution in [0.2, 0.25) is 0 Å². The van der Waals surface area contributed by atoms with Crippen molar-refractivity contribution in [2.75, 3.05) is 59.6 Å². The number of para-hydroxylation sites is 1. The second-order valence-corrected chi connectivity index (χ2v) is 7.26. The number of nitrogens with zero attached hydrogens (tertiary/aromatic N) is 3. The zero-order valence-electron chi connectivity index (χ0n) is 18.5. The van der Waals surface area contributed by atoms with Gasteiger partial charge in [-0.1, -0.05) is 32.0 Å². The van der Waals surface area contributed by atoms with Crippen LogP contribution in [0.1, 0.15) is 32.8 Å². The van der Waals surface area contributed by atoms with E-state index in [0.717, 1.165) is 69.6 Å². The molecule has 2 rings (SSSR count). The van der Waals surface area contributed by atoms with Crippen molar-refractivity contribution in [2.24, 2.45) is 10.9 Å². The number of guanidine groups is 1. The Bertz CT molecular complexity index is 590. The van der Waals surface area contributed by atoms with Crippen molar-refractivity contribution in [1.82, 2.24) is 15.1 Å². The number of rotatable bonds is 11. The number of benzene rings is 1. The van der Waals surface area contributed by atoms with Gasteiger partial charge in [-0.2, -0.15) is 0 Å². The van der Waals surface area contributed by atoms with E-state index in [1.165, 1.54) is 0 Å².